The molecule has 0 aliphatic carbocycles. The standard InChI is InChI=1S/C8H14N4O/c1-5(6(2)9)8(13)11-7-3-4-10-12-7/h3-6H,9H2,1-2H3,(H2,10,11,12,13). The number of aromatic nitrogens is 2. The van der Waals surface area contributed by atoms with Gasteiger partial charge in [-0.05, 0) is 6.92 Å². The van der Waals surface area contributed by atoms with Gasteiger partial charge in [0.15, 0.2) is 0 Å². The predicted molar refractivity (Wildman–Crippen MR) is 50.0 cm³/mol. The summed E-state index contributed by atoms with van der Waals surface area (Å²) in [6.45, 7) is 3.59. The molecule has 5 nitrogen and oxygen atoms in total. The molecular weight excluding hydrogens is 168 g/mol. The lowest BCUT2D eigenvalue weighted by Crippen LogP contribution is -2.34. The van der Waals surface area contributed by atoms with Crippen molar-refractivity contribution in [1.82, 2.24) is 10.2 Å². The van der Waals surface area contributed by atoms with Crippen LogP contribution in [-0.2, 0) is 4.79 Å². The van der Waals surface area contributed by atoms with Crippen LogP contribution in [0.15, 0.2) is 12.3 Å². The molecule has 0 fully saturated rings. The Morgan fingerprint density at radius 1 is 1.69 bits per heavy atom. The van der Waals surface area contributed by atoms with Crippen LogP contribution in [0.1, 0.15) is 13.8 Å². The third-order valence-electron chi connectivity index (χ3n) is 1.96. The van der Waals surface area contributed by atoms with Gasteiger partial charge in [-0.15, -0.1) is 0 Å². The summed E-state index contributed by atoms with van der Waals surface area (Å²) < 4.78 is 0. The van der Waals surface area contributed by atoms with Gasteiger partial charge in [-0.3, -0.25) is 9.89 Å². The molecule has 0 saturated heterocycles. The van der Waals surface area contributed by atoms with Crippen molar-refractivity contribution in [3.63, 3.8) is 0 Å². The number of amides is 1. The van der Waals surface area contributed by atoms with Crippen LogP contribution < -0.4 is 11.1 Å². The van der Waals surface area contributed by atoms with Crippen LogP contribution in [0.2, 0.25) is 0 Å². The molecule has 0 aliphatic rings. The van der Waals surface area contributed by atoms with Crippen molar-refractivity contribution in [3.05, 3.63) is 12.3 Å². The Labute approximate surface area is 76.7 Å². The summed E-state index contributed by atoms with van der Waals surface area (Å²) in [5.74, 6) is 0.292. The molecule has 0 bridgehead atoms. The molecule has 1 amide bonds. The van der Waals surface area contributed by atoms with Crippen LogP contribution >= 0.6 is 0 Å². The first-order valence-corrected chi connectivity index (χ1v) is 4.17. The summed E-state index contributed by atoms with van der Waals surface area (Å²) >= 11 is 0. The van der Waals surface area contributed by atoms with Gasteiger partial charge < -0.3 is 11.1 Å². The maximum atomic E-state index is 11.4. The topological polar surface area (TPSA) is 83.8 Å². The number of hydrogen-bond acceptors (Lipinski definition) is 3. The highest BCUT2D eigenvalue weighted by atomic mass is 16.2. The summed E-state index contributed by atoms with van der Waals surface area (Å²) in [7, 11) is 0. The van der Waals surface area contributed by atoms with Crippen LogP contribution in [-0.4, -0.2) is 22.1 Å². The Kier molecular flexibility index (Phi) is 3.02. The Hall–Kier alpha value is -1.36. The molecule has 0 aromatic carbocycles. The third-order valence-corrected chi connectivity index (χ3v) is 1.96. The second kappa shape index (κ2) is 4.04. The highest BCUT2D eigenvalue weighted by Crippen LogP contribution is 2.05. The number of nitrogens with two attached hydrogens (primary N) is 1. The molecule has 1 aromatic rings. The van der Waals surface area contributed by atoms with E-state index in [1.165, 1.54) is 0 Å². The van der Waals surface area contributed by atoms with Crippen LogP contribution in [0.25, 0.3) is 0 Å². The Balaban J connectivity index is 2.51. The van der Waals surface area contributed by atoms with E-state index in [0.29, 0.717) is 5.82 Å². The van der Waals surface area contributed by atoms with Gasteiger partial charge in [0.2, 0.25) is 5.91 Å². The molecule has 0 spiro atoms. The summed E-state index contributed by atoms with van der Waals surface area (Å²) in [6.07, 6.45) is 1.58. The van der Waals surface area contributed by atoms with Crippen molar-refractivity contribution >= 4 is 11.7 Å². The van der Waals surface area contributed by atoms with Gasteiger partial charge >= 0.3 is 0 Å². The van der Waals surface area contributed by atoms with E-state index in [4.69, 9.17) is 5.73 Å². The van der Waals surface area contributed by atoms with Crippen molar-refractivity contribution in [2.24, 2.45) is 11.7 Å². The highest BCUT2D eigenvalue weighted by molar-refractivity contribution is 5.91. The van der Waals surface area contributed by atoms with E-state index in [-0.39, 0.29) is 17.9 Å². The number of rotatable bonds is 3. The minimum atomic E-state index is -0.205. The summed E-state index contributed by atoms with van der Waals surface area (Å²) in [5.41, 5.74) is 5.58. The lowest BCUT2D eigenvalue weighted by Gasteiger charge is -2.13. The summed E-state index contributed by atoms with van der Waals surface area (Å²) in [5, 5.41) is 9.01. The fourth-order valence-electron chi connectivity index (χ4n) is 0.811. The van der Waals surface area contributed by atoms with Gasteiger partial charge in [-0.25, -0.2) is 0 Å². The molecule has 13 heavy (non-hydrogen) atoms. The largest absolute Gasteiger partial charge is 0.327 e. The first kappa shape index (κ1) is 9.73. The molecule has 72 valence electrons. The monoisotopic (exact) mass is 182 g/mol. The first-order valence-electron chi connectivity index (χ1n) is 4.17. The van der Waals surface area contributed by atoms with Crippen LogP contribution in [0.4, 0.5) is 5.82 Å². The second-order valence-electron chi connectivity index (χ2n) is 3.11. The molecule has 2 atom stereocenters. The van der Waals surface area contributed by atoms with E-state index in [0.717, 1.165) is 0 Å². The summed E-state index contributed by atoms with van der Waals surface area (Å²) in [6, 6.07) is 1.54. The molecule has 0 radical (unpaired) electrons. The van der Waals surface area contributed by atoms with Crippen LogP contribution in [0.5, 0.6) is 0 Å². The Morgan fingerprint density at radius 2 is 2.38 bits per heavy atom. The smallest absolute Gasteiger partial charge is 0.229 e. The van der Waals surface area contributed by atoms with Crippen molar-refractivity contribution in [3.8, 4) is 0 Å². The number of nitrogens with zero attached hydrogens (tertiary/aromatic N) is 1. The first-order chi connectivity index (χ1) is 6.11. The minimum Gasteiger partial charge on any atom is -0.327 e. The molecule has 1 rings (SSSR count). The Bertz CT molecular complexity index is 268. The van der Waals surface area contributed by atoms with Gasteiger partial charge in [0, 0.05) is 12.1 Å². The maximum absolute atomic E-state index is 11.4. The number of nitrogens with one attached hydrogen (secondary N) is 2. The van der Waals surface area contributed by atoms with Crippen LogP contribution in [0, 0.1) is 5.92 Å². The quantitative estimate of drug-likeness (QED) is 0.630. The number of H-pyrrole nitrogens is 1. The van der Waals surface area contributed by atoms with Crippen molar-refractivity contribution in [2.45, 2.75) is 19.9 Å². The number of carbonyl (C=O) groups excluding carboxylic acids is 1. The lowest BCUT2D eigenvalue weighted by atomic mass is 10.0. The van der Waals surface area contributed by atoms with Crippen molar-refractivity contribution < 1.29 is 4.79 Å². The molecule has 1 aromatic heterocycles. The molecule has 5 heteroatoms. The van der Waals surface area contributed by atoms with Gasteiger partial charge in [0.05, 0.1) is 12.1 Å². The van der Waals surface area contributed by atoms with E-state index < -0.39 is 0 Å². The zero-order chi connectivity index (χ0) is 9.84. The van der Waals surface area contributed by atoms with E-state index >= 15 is 0 Å². The Morgan fingerprint density at radius 3 is 2.85 bits per heavy atom. The number of anilines is 1. The second-order valence-corrected chi connectivity index (χ2v) is 3.11. The molecule has 1 heterocycles. The molecule has 0 aliphatic heterocycles. The molecule has 4 N–H and O–H groups in total. The van der Waals surface area contributed by atoms with E-state index in [9.17, 15) is 4.79 Å². The van der Waals surface area contributed by atoms with Crippen molar-refractivity contribution in [1.29, 1.82) is 0 Å². The normalized spacial score (nSPS) is 15.0. The van der Waals surface area contributed by atoms with Gasteiger partial charge in [0.1, 0.15) is 5.82 Å². The number of aromatic amines is 1. The van der Waals surface area contributed by atoms with Gasteiger partial charge in [0.25, 0.3) is 0 Å². The number of hydrogen-bond donors (Lipinski definition) is 3. The predicted octanol–water partition coefficient (Wildman–Crippen LogP) is 0.331. The average molecular weight is 182 g/mol. The maximum Gasteiger partial charge on any atom is 0.229 e. The van der Waals surface area contributed by atoms with E-state index in [2.05, 4.69) is 15.5 Å². The molecular formula is C8H14N4O. The highest BCUT2D eigenvalue weighted by Gasteiger charge is 2.16. The minimum absolute atomic E-state index is 0.0979. The number of carbonyl (C=O) groups is 1. The fraction of sp³-hybridized carbons (Fsp3) is 0.500. The zero-order valence-electron chi connectivity index (χ0n) is 7.74. The van der Waals surface area contributed by atoms with Gasteiger partial charge in [-0.1, -0.05) is 6.92 Å². The molecule has 0 saturated carbocycles. The van der Waals surface area contributed by atoms with Crippen molar-refractivity contribution in [2.75, 3.05) is 5.32 Å². The average Bonchev–Trinajstić information content (AvgIpc) is 2.55. The van der Waals surface area contributed by atoms with E-state index in [1.807, 2.05) is 0 Å². The van der Waals surface area contributed by atoms with E-state index in [1.54, 1.807) is 26.1 Å². The fourth-order valence-corrected chi connectivity index (χ4v) is 0.811. The SMILES string of the molecule is CC(N)C(C)C(=O)Nc1ccn[nH]1. The lowest BCUT2D eigenvalue weighted by molar-refractivity contribution is -0.119. The zero-order valence-corrected chi connectivity index (χ0v) is 7.74. The third kappa shape index (κ3) is 2.55. The van der Waals surface area contributed by atoms with Gasteiger partial charge in [-0.2, -0.15) is 5.10 Å². The molecule has 2 unspecified atom stereocenters. The summed E-state index contributed by atoms with van der Waals surface area (Å²) in [4.78, 5) is 11.4. The van der Waals surface area contributed by atoms with Crippen LogP contribution in [0.3, 0.4) is 0 Å².